The molecule has 0 saturated carbocycles. The van der Waals surface area contributed by atoms with Crippen LogP contribution in [-0.4, -0.2) is 29.9 Å². The molecule has 0 aromatic heterocycles. The second-order valence-corrected chi connectivity index (χ2v) is 5.02. The van der Waals surface area contributed by atoms with E-state index in [0.29, 0.717) is 12.1 Å². The number of alkyl halides is 13. The smallest absolute Gasteiger partial charge is 0.194 e. The Kier molecular flexibility index (Phi) is 5.17. The van der Waals surface area contributed by atoms with Crippen molar-refractivity contribution in [3.8, 4) is 0 Å². The summed E-state index contributed by atoms with van der Waals surface area (Å²) in [6, 6.07) is 0.415. The van der Waals surface area contributed by atoms with E-state index in [4.69, 9.17) is 5.39 Å². The van der Waals surface area contributed by atoms with E-state index in [1.54, 1.807) is 0 Å². The average molecular weight is 423 g/mol. The summed E-state index contributed by atoms with van der Waals surface area (Å²) < 4.78 is 168. The Morgan fingerprint density at radius 3 is 1.26 bits per heavy atom. The quantitative estimate of drug-likeness (QED) is 0.400. The van der Waals surface area contributed by atoms with Crippen LogP contribution in [0.3, 0.4) is 0 Å². The lowest BCUT2D eigenvalue weighted by atomic mass is 9.90. The summed E-state index contributed by atoms with van der Waals surface area (Å²) in [5, 5.41) is 8.27. The molecule has 0 fully saturated rings. The van der Waals surface area contributed by atoms with Crippen molar-refractivity contribution < 1.29 is 57.1 Å². The van der Waals surface area contributed by atoms with Gasteiger partial charge in [-0.3, -0.25) is 0 Å². The largest absolute Gasteiger partial charge is 0.460 e. The highest BCUT2D eigenvalue weighted by Gasteiger charge is 2.90. The molecular formula is C12H4F13N2+. The molecule has 0 saturated heterocycles. The average Bonchev–Trinajstić information content (AvgIpc) is 2.53. The topological polar surface area (TPSA) is 28.1 Å². The van der Waals surface area contributed by atoms with E-state index < -0.39 is 47.0 Å². The SMILES string of the molecule is N#[N+]c1ccc(C(F)(F)C(F)(F)C(F)(F)C(F)(F)C(F)(F)C(F)(F)F)cc1. The highest BCUT2D eigenvalue weighted by atomic mass is 19.4. The number of benzene rings is 1. The fraction of sp³-hybridized carbons (Fsp3) is 0.500. The summed E-state index contributed by atoms with van der Waals surface area (Å²) in [6.07, 6.45) is -7.45. The molecular weight excluding hydrogens is 419 g/mol. The van der Waals surface area contributed by atoms with Gasteiger partial charge in [0, 0.05) is 17.7 Å². The zero-order valence-electron chi connectivity index (χ0n) is 12.1. The maximum Gasteiger partial charge on any atom is 0.460 e. The first-order chi connectivity index (χ1) is 11.8. The van der Waals surface area contributed by atoms with Gasteiger partial charge >= 0.3 is 41.5 Å². The van der Waals surface area contributed by atoms with Crippen molar-refractivity contribution in [3.05, 3.63) is 34.8 Å². The molecule has 0 bridgehead atoms. The van der Waals surface area contributed by atoms with Gasteiger partial charge in [-0.25, -0.2) is 0 Å². The fourth-order valence-electron chi connectivity index (χ4n) is 1.69. The number of rotatable bonds is 5. The maximum absolute atomic E-state index is 13.7. The van der Waals surface area contributed by atoms with E-state index in [9.17, 15) is 57.1 Å². The summed E-state index contributed by atoms with van der Waals surface area (Å²) in [5.41, 5.74) is -2.73. The van der Waals surface area contributed by atoms with E-state index in [0.717, 1.165) is 0 Å². The van der Waals surface area contributed by atoms with E-state index in [-0.39, 0.29) is 12.1 Å². The third-order valence-corrected chi connectivity index (χ3v) is 3.28. The zero-order chi connectivity index (χ0) is 21.7. The highest BCUT2D eigenvalue weighted by molar-refractivity contribution is 5.46. The molecule has 0 heterocycles. The number of halogens is 13. The zero-order valence-corrected chi connectivity index (χ0v) is 12.1. The minimum Gasteiger partial charge on any atom is -0.194 e. The van der Waals surface area contributed by atoms with Gasteiger partial charge in [0.1, 0.15) is 0 Å². The molecule has 0 radical (unpaired) electrons. The first-order valence-corrected chi connectivity index (χ1v) is 6.20. The van der Waals surface area contributed by atoms with Crippen LogP contribution in [0.2, 0.25) is 0 Å². The van der Waals surface area contributed by atoms with Gasteiger partial charge < -0.3 is 0 Å². The number of diazo groups is 1. The van der Waals surface area contributed by atoms with Crippen molar-refractivity contribution in [2.75, 3.05) is 0 Å². The first kappa shape index (κ1) is 22.8. The number of nitrogens with zero attached hydrogens (tertiary/aromatic N) is 2. The monoisotopic (exact) mass is 423 g/mol. The molecule has 1 aromatic carbocycles. The Morgan fingerprint density at radius 2 is 0.926 bits per heavy atom. The summed E-state index contributed by atoms with van der Waals surface area (Å²) in [5.74, 6) is -37.3. The van der Waals surface area contributed by atoms with Gasteiger partial charge in [0.15, 0.2) is 4.98 Å². The first-order valence-electron chi connectivity index (χ1n) is 6.20. The molecule has 15 heteroatoms. The van der Waals surface area contributed by atoms with Crippen molar-refractivity contribution in [1.29, 1.82) is 5.39 Å². The van der Waals surface area contributed by atoms with Crippen LogP contribution in [0.4, 0.5) is 62.8 Å². The molecule has 0 spiro atoms. The van der Waals surface area contributed by atoms with E-state index in [1.165, 1.54) is 0 Å². The predicted octanol–water partition coefficient (Wildman–Crippen LogP) is 6.37. The standard InChI is InChI=1S/C12H4F13N2/c13-7(14,5-1-3-6(27-26)4-2-5)8(15,16)9(17,18)10(19,20)11(21,22)12(23,24)25/h1-4H/q+1. The summed E-state index contributed by atoms with van der Waals surface area (Å²) >= 11 is 0. The molecule has 0 aliphatic carbocycles. The van der Waals surface area contributed by atoms with Gasteiger partial charge in [0.2, 0.25) is 5.39 Å². The molecule has 152 valence electrons. The maximum atomic E-state index is 13.7. The fourth-order valence-corrected chi connectivity index (χ4v) is 1.69. The summed E-state index contributed by atoms with van der Waals surface area (Å²) in [4.78, 5) is 2.38. The molecule has 0 aliphatic rings. The second-order valence-electron chi connectivity index (χ2n) is 5.02. The van der Waals surface area contributed by atoms with Gasteiger partial charge in [0.25, 0.3) is 0 Å². The van der Waals surface area contributed by atoms with Crippen molar-refractivity contribution >= 4 is 5.69 Å². The van der Waals surface area contributed by atoms with Gasteiger partial charge in [0.05, 0.1) is 0 Å². The molecule has 1 aromatic rings. The van der Waals surface area contributed by atoms with Crippen LogP contribution < -0.4 is 0 Å². The molecule has 0 unspecified atom stereocenters. The number of hydrogen-bond donors (Lipinski definition) is 0. The van der Waals surface area contributed by atoms with E-state index in [1.807, 2.05) is 0 Å². The Bertz CT molecular complexity index is 727. The van der Waals surface area contributed by atoms with E-state index >= 15 is 0 Å². The van der Waals surface area contributed by atoms with Crippen molar-refractivity contribution in [2.24, 2.45) is 0 Å². The van der Waals surface area contributed by atoms with Gasteiger partial charge in [-0.15, -0.1) is 0 Å². The van der Waals surface area contributed by atoms with Gasteiger partial charge in [-0.2, -0.15) is 57.1 Å². The lowest BCUT2D eigenvalue weighted by Crippen LogP contribution is -2.69. The van der Waals surface area contributed by atoms with Crippen LogP contribution in [0.15, 0.2) is 24.3 Å². The van der Waals surface area contributed by atoms with Crippen molar-refractivity contribution in [1.82, 2.24) is 0 Å². The third kappa shape index (κ3) is 3.04. The molecule has 0 amide bonds. The minimum absolute atomic E-state index is 0.112. The van der Waals surface area contributed by atoms with Crippen molar-refractivity contribution in [2.45, 2.75) is 35.8 Å². The van der Waals surface area contributed by atoms with Gasteiger partial charge in [-0.1, -0.05) is 0 Å². The predicted molar refractivity (Wildman–Crippen MR) is 60.9 cm³/mol. The molecule has 0 aliphatic heterocycles. The molecule has 2 nitrogen and oxygen atoms in total. The van der Waals surface area contributed by atoms with Crippen molar-refractivity contribution in [3.63, 3.8) is 0 Å². The molecule has 27 heavy (non-hydrogen) atoms. The lowest BCUT2D eigenvalue weighted by Gasteiger charge is -2.39. The van der Waals surface area contributed by atoms with E-state index in [2.05, 4.69) is 4.98 Å². The molecule has 1 rings (SSSR count). The Hall–Kier alpha value is -2.27. The third-order valence-electron chi connectivity index (χ3n) is 3.28. The van der Waals surface area contributed by atoms with Gasteiger partial charge in [-0.05, 0) is 12.1 Å². The Balaban J connectivity index is 3.55. The lowest BCUT2D eigenvalue weighted by molar-refractivity contribution is -0.441. The van der Waals surface area contributed by atoms with Crippen LogP contribution in [0.5, 0.6) is 0 Å². The van der Waals surface area contributed by atoms with Crippen LogP contribution >= 0.6 is 0 Å². The molecule has 0 N–H and O–H groups in total. The van der Waals surface area contributed by atoms with Crippen LogP contribution in [0.1, 0.15) is 5.56 Å². The summed E-state index contributed by atoms with van der Waals surface area (Å²) in [7, 11) is 0. The molecule has 0 atom stereocenters. The Labute approximate surface area is 140 Å². The summed E-state index contributed by atoms with van der Waals surface area (Å²) in [6.45, 7) is 0. The second kappa shape index (κ2) is 6.13. The minimum atomic E-state index is -7.94. The van der Waals surface area contributed by atoms with Crippen LogP contribution in [0, 0.1) is 5.39 Å². The van der Waals surface area contributed by atoms with Crippen LogP contribution in [0.25, 0.3) is 4.98 Å². The number of hydrogen-bond acceptors (Lipinski definition) is 1. The normalized spacial score (nSPS) is 14.8. The highest BCUT2D eigenvalue weighted by Crippen LogP contribution is 2.62. The van der Waals surface area contributed by atoms with Crippen LogP contribution in [-0.2, 0) is 5.92 Å². The Morgan fingerprint density at radius 1 is 0.556 bits per heavy atom.